The average molecular weight is 259 g/mol. The minimum atomic E-state index is -1.42. The zero-order valence-electron chi connectivity index (χ0n) is 9.50. The molecule has 2 unspecified atom stereocenters. The number of halogens is 2. The van der Waals surface area contributed by atoms with Gasteiger partial charge in [0.05, 0.1) is 7.11 Å². The third-order valence-corrected chi connectivity index (χ3v) is 3.54. The van der Waals surface area contributed by atoms with Crippen molar-refractivity contribution in [1.29, 1.82) is 0 Å². The average Bonchev–Trinajstić information content (AvgIpc) is 2.85. The number of benzene rings is 1. The number of hydrogen-bond donors (Lipinski definition) is 0. The van der Waals surface area contributed by atoms with Gasteiger partial charge in [-0.3, -0.25) is 0 Å². The first-order chi connectivity index (χ1) is 7.91. The molecule has 1 aliphatic heterocycles. The highest BCUT2D eigenvalue weighted by molar-refractivity contribution is 6.35. The van der Waals surface area contributed by atoms with Crippen molar-refractivity contribution in [2.75, 3.05) is 7.11 Å². The molecule has 0 aromatic heterocycles. The monoisotopic (exact) mass is 258 g/mol. The van der Waals surface area contributed by atoms with Crippen LogP contribution >= 0.6 is 11.6 Å². The molecule has 1 saturated heterocycles. The van der Waals surface area contributed by atoms with E-state index in [0.717, 1.165) is 5.56 Å². The normalized spacial score (nSPS) is 31.1. The van der Waals surface area contributed by atoms with Gasteiger partial charge in [-0.1, -0.05) is 23.7 Å². The maximum Gasteiger partial charge on any atom is 0.357 e. The molecule has 0 bridgehead atoms. The van der Waals surface area contributed by atoms with E-state index in [1.165, 1.54) is 19.2 Å². The van der Waals surface area contributed by atoms with Crippen LogP contribution in [0.5, 0.6) is 0 Å². The van der Waals surface area contributed by atoms with E-state index in [1.807, 2.05) is 0 Å². The van der Waals surface area contributed by atoms with Gasteiger partial charge >= 0.3 is 5.97 Å². The first-order valence-corrected chi connectivity index (χ1v) is 5.51. The number of carbonyl (C=O) groups excluding carboxylic acids is 1. The van der Waals surface area contributed by atoms with Crippen molar-refractivity contribution in [3.05, 3.63) is 35.6 Å². The molecule has 0 aliphatic carbocycles. The van der Waals surface area contributed by atoms with E-state index < -0.39 is 16.6 Å². The largest absolute Gasteiger partial charge is 0.466 e. The molecule has 0 N–H and O–H groups in total. The van der Waals surface area contributed by atoms with Gasteiger partial charge in [0.1, 0.15) is 11.4 Å². The molecule has 17 heavy (non-hydrogen) atoms. The van der Waals surface area contributed by atoms with Crippen LogP contribution in [0.15, 0.2) is 24.3 Å². The minimum absolute atomic E-state index is 0.305. The number of alkyl halides is 1. The summed E-state index contributed by atoms with van der Waals surface area (Å²) in [5.74, 6) is -0.912. The summed E-state index contributed by atoms with van der Waals surface area (Å²) in [6, 6.07) is 5.98. The maximum atomic E-state index is 12.7. The summed E-state index contributed by atoms with van der Waals surface area (Å²) in [6.45, 7) is 1.72. The number of carbonyl (C=O) groups is 1. The fourth-order valence-corrected chi connectivity index (χ4v) is 2.13. The summed E-state index contributed by atoms with van der Waals surface area (Å²) < 4.78 is 22.6. The third kappa shape index (κ3) is 2.03. The summed E-state index contributed by atoms with van der Waals surface area (Å²) in [7, 11) is 1.26. The van der Waals surface area contributed by atoms with Gasteiger partial charge in [-0.15, -0.1) is 0 Å². The van der Waals surface area contributed by atoms with Gasteiger partial charge in [0, 0.05) is 6.42 Å². The minimum Gasteiger partial charge on any atom is -0.466 e. The van der Waals surface area contributed by atoms with Crippen molar-refractivity contribution in [2.45, 2.75) is 24.0 Å². The predicted molar refractivity (Wildman–Crippen MR) is 60.2 cm³/mol. The van der Waals surface area contributed by atoms with E-state index in [9.17, 15) is 9.18 Å². The summed E-state index contributed by atoms with van der Waals surface area (Å²) in [4.78, 5) is 11.4. The highest BCUT2D eigenvalue weighted by Crippen LogP contribution is 2.53. The Bertz CT molecular complexity index is 448. The maximum absolute atomic E-state index is 12.7. The van der Waals surface area contributed by atoms with Crippen LogP contribution in [0.25, 0.3) is 0 Å². The second-order valence-corrected chi connectivity index (χ2v) is 4.76. The van der Waals surface area contributed by atoms with E-state index in [0.29, 0.717) is 6.42 Å². The molecule has 2 rings (SSSR count). The lowest BCUT2D eigenvalue weighted by molar-refractivity contribution is -0.143. The molecule has 1 fully saturated rings. The topological polar surface area (TPSA) is 38.8 Å². The van der Waals surface area contributed by atoms with Crippen LogP contribution in [-0.4, -0.2) is 23.7 Å². The van der Waals surface area contributed by atoms with E-state index in [2.05, 4.69) is 4.74 Å². The molecule has 0 amide bonds. The Morgan fingerprint density at radius 1 is 1.47 bits per heavy atom. The number of esters is 1. The van der Waals surface area contributed by atoms with Crippen LogP contribution in [0, 0.1) is 5.82 Å². The fraction of sp³-hybridized carbons (Fsp3) is 0.417. The summed E-state index contributed by atoms with van der Waals surface area (Å²) in [5.41, 5.74) is 0.0415. The Kier molecular flexibility index (Phi) is 2.87. The van der Waals surface area contributed by atoms with E-state index in [-0.39, 0.29) is 5.82 Å². The number of rotatable bonds is 3. The molecule has 1 aromatic rings. The van der Waals surface area contributed by atoms with Gasteiger partial charge in [-0.05, 0) is 24.6 Å². The zero-order chi connectivity index (χ0) is 12.7. The first kappa shape index (κ1) is 12.3. The lowest BCUT2D eigenvalue weighted by Gasteiger charge is -2.09. The molecule has 3 nitrogen and oxygen atoms in total. The molecular weight excluding hydrogens is 247 g/mol. The molecular formula is C12H12ClFO3. The molecule has 5 heteroatoms. The smallest absolute Gasteiger partial charge is 0.357 e. The first-order valence-electron chi connectivity index (χ1n) is 5.13. The second-order valence-electron chi connectivity index (χ2n) is 4.22. The van der Waals surface area contributed by atoms with Crippen molar-refractivity contribution >= 4 is 17.6 Å². The van der Waals surface area contributed by atoms with Gasteiger partial charge in [-0.2, -0.15) is 0 Å². The number of hydrogen-bond acceptors (Lipinski definition) is 3. The molecule has 0 saturated carbocycles. The number of methoxy groups -OCH3 is 1. The Morgan fingerprint density at radius 3 is 2.59 bits per heavy atom. The van der Waals surface area contributed by atoms with Crippen LogP contribution in [-0.2, 0) is 20.7 Å². The lowest BCUT2D eigenvalue weighted by Crippen LogP contribution is -2.29. The Balaban J connectivity index is 2.11. The molecule has 1 heterocycles. The van der Waals surface area contributed by atoms with Gasteiger partial charge in [-0.25, -0.2) is 9.18 Å². The zero-order valence-corrected chi connectivity index (χ0v) is 10.3. The fourth-order valence-electron chi connectivity index (χ4n) is 1.82. The highest BCUT2D eigenvalue weighted by atomic mass is 35.5. The van der Waals surface area contributed by atoms with Crippen LogP contribution in [0.1, 0.15) is 12.5 Å². The van der Waals surface area contributed by atoms with Crippen molar-refractivity contribution in [3.8, 4) is 0 Å². The van der Waals surface area contributed by atoms with Crippen molar-refractivity contribution in [1.82, 2.24) is 0 Å². The summed E-state index contributed by atoms with van der Waals surface area (Å²) in [6.07, 6.45) is 0.422. The standard InChI is InChI=1S/C12H12ClFO3/c1-11(12(13,17-11)10(15)16-2)7-8-3-5-9(14)6-4-8/h3-6H,7H2,1-2H3. The molecule has 2 atom stereocenters. The second kappa shape index (κ2) is 3.96. The van der Waals surface area contributed by atoms with Gasteiger partial charge in [0.15, 0.2) is 0 Å². The Morgan fingerprint density at radius 2 is 2.06 bits per heavy atom. The Hall–Kier alpha value is -1.13. The number of epoxide rings is 1. The predicted octanol–water partition coefficient (Wildman–Crippen LogP) is 2.27. The van der Waals surface area contributed by atoms with Gasteiger partial charge in [0.25, 0.3) is 5.06 Å². The summed E-state index contributed by atoms with van der Waals surface area (Å²) in [5, 5.41) is -1.42. The third-order valence-electron chi connectivity index (χ3n) is 2.91. The highest BCUT2D eigenvalue weighted by Gasteiger charge is 2.72. The van der Waals surface area contributed by atoms with Gasteiger partial charge in [0.2, 0.25) is 0 Å². The molecule has 0 radical (unpaired) electrons. The van der Waals surface area contributed by atoms with Crippen molar-refractivity contribution < 1.29 is 18.7 Å². The van der Waals surface area contributed by atoms with Gasteiger partial charge < -0.3 is 9.47 Å². The van der Waals surface area contributed by atoms with Crippen LogP contribution < -0.4 is 0 Å². The Labute approximate surface area is 103 Å². The SMILES string of the molecule is COC(=O)C1(Cl)OC1(C)Cc1ccc(F)cc1. The lowest BCUT2D eigenvalue weighted by atomic mass is 9.97. The van der Waals surface area contributed by atoms with E-state index in [4.69, 9.17) is 16.3 Å². The van der Waals surface area contributed by atoms with Crippen molar-refractivity contribution in [3.63, 3.8) is 0 Å². The summed E-state index contributed by atoms with van der Waals surface area (Å²) >= 11 is 6.01. The van der Waals surface area contributed by atoms with Crippen molar-refractivity contribution in [2.24, 2.45) is 0 Å². The van der Waals surface area contributed by atoms with E-state index >= 15 is 0 Å². The number of ether oxygens (including phenoxy) is 2. The quantitative estimate of drug-likeness (QED) is 0.474. The molecule has 0 spiro atoms. The molecule has 1 aromatic carbocycles. The van der Waals surface area contributed by atoms with Crippen LogP contribution in [0.2, 0.25) is 0 Å². The van der Waals surface area contributed by atoms with E-state index in [1.54, 1.807) is 19.1 Å². The van der Waals surface area contributed by atoms with Crippen LogP contribution in [0.4, 0.5) is 4.39 Å². The van der Waals surface area contributed by atoms with Crippen LogP contribution in [0.3, 0.4) is 0 Å². The molecule has 1 aliphatic rings. The molecule has 92 valence electrons.